The second kappa shape index (κ2) is 10.2. The van der Waals surface area contributed by atoms with Crippen molar-refractivity contribution in [2.75, 3.05) is 13.7 Å². The molecule has 35 heavy (non-hydrogen) atoms. The highest BCUT2D eigenvalue weighted by Crippen LogP contribution is 2.36. The van der Waals surface area contributed by atoms with Gasteiger partial charge in [0.2, 0.25) is 5.82 Å². The van der Waals surface area contributed by atoms with Gasteiger partial charge in [0.1, 0.15) is 5.82 Å². The molecule has 1 aliphatic rings. The van der Waals surface area contributed by atoms with E-state index < -0.39 is 35.2 Å². The van der Waals surface area contributed by atoms with Crippen LogP contribution in [0.2, 0.25) is 0 Å². The molecular weight excluding hydrogens is 467 g/mol. The quantitative estimate of drug-likeness (QED) is 0.258. The molecule has 0 spiro atoms. The maximum Gasteiger partial charge on any atom is 0.383 e. The molecule has 0 radical (unpaired) electrons. The van der Waals surface area contributed by atoms with Gasteiger partial charge in [-0.15, -0.1) is 6.58 Å². The first-order chi connectivity index (χ1) is 16.7. The fourth-order valence-electron chi connectivity index (χ4n) is 3.98. The zero-order valence-electron chi connectivity index (χ0n) is 18.9. The minimum atomic E-state index is -3.70. The van der Waals surface area contributed by atoms with Crippen molar-refractivity contribution < 1.29 is 36.2 Å². The predicted octanol–water partition coefficient (Wildman–Crippen LogP) is 7.25. The van der Waals surface area contributed by atoms with Crippen LogP contribution >= 0.6 is 0 Å². The van der Waals surface area contributed by atoms with Crippen LogP contribution in [0.4, 0.5) is 22.0 Å². The van der Waals surface area contributed by atoms with Gasteiger partial charge in [0, 0.05) is 11.1 Å². The van der Waals surface area contributed by atoms with Crippen LogP contribution in [0.5, 0.6) is 5.75 Å². The highest BCUT2D eigenvalue weighted by atomic mass is 19.3. The molecule has 1 heterocycles. The molecule has 4 rings (SSSR count). The number of benzene rings is 3. The van der Waals surface area contributed by atoms with Crippen molar-refractivity contribution in [2.24, 2.45) is 0 Å². The summed E-state index contributed by atoms with van der Waals surface area (Å²) in [4.78, 5) is 0. The second-order valence-electron chi connectivity index (χ2n) is 8.16. The van der Waals surface area contributed by atoms with E-state index in [0.29, 0.717) is 24.0 Å². The average molecular weight is 490 g/mol. The standard InChI is InChI=1S/C27H23F5O3/c1-3-19-9-10-20(15-34-19)35-27(31,32)18-8-11-21(23(28)14-18)16-4-6-17(7-5-16)22-12-13-24(33-2)26(30)25(22)29/h3-8,11-14,19-20H,1,9-10,15H2,2H3. The maximum atomic E-state index is 14.8. The molecule has 184 valence electrons. The number of methoxy groups -OCH3 is 1. The van der Waals surface area contributed by atoms with Crippen molar-refractivity contribution in [3.05, 3.63) is 90.3 Å². The van der Waals surface area contributed by atoms with Crippen LogP contribution < -0.4 is 4.74 Å². The number of hydrogen-bond donors (Lipinski definition) is 0. The molecule has 2 unspecified atom stereocenters. The van der Waals surface area contributed by atoms with Crippen molar-refractivity contribution in [3.63, 3.8) is 0 Å². The highest BCUT2D eigenvalue weighted by Gasteiger charge is 2.38. The number of rotatable bonds is 7. The Kier molecular flexibility index (Phi) is 7.23. The van der Waals surface area contributed by atoms with E-state index in [9.17, 15) is 22.0 Å². The zero-order valence-corrected chi connectivity index (χ0v) is 18.9. The lowest BCUT2D eigenvalue weighted by Crippen LogP contribution is -2.35. The van der Waals surface area contributed by atoms with Crippen LogP contribution in [0.3, 0.4) is 0 Å². The van der Waals surface area contributed by atoms with Gasteiger partial charge in [-0.2, -0.15) is 13.2 Å². The first kappa shape index (κ1) is 24.9. The molecule has 0 saturated carbocycles. The summed E-state index contributed by atoms with van der Waals surface area (Å²) in [5, 5.41) is 0. The van der Waals surface area contributed by atoms with Gasteiger partial charge in [-0.3, -0.25) is 0 Å². The van der Waals surface area contributed by atoms with Crippen molar-refractivity contribution >= 4 is 0 Å². The van der Waals surface area contributed by atoms with Gasteiger partial charge in [0.25, 0.3) is 0 Å². The Labute approximate surface area is 199 Å². The first-order valence-corrected chi connectivity index (χ1v) is 11.0. The lowest BCUT2D eigenvalue weighted by Gasteiger charge is -2.30. The van der Waals surface area contributed by atoms with E-state index in [2.05, 4.69) is 6.58 Å². The summed E-state index contributed by atoms with van der Waals surface area (Å²) >= 11 is 0. The maximum absolute atomic E-state index is 14.8. The zero-order chi connectivity index (χ0) is 25.2. The molecule has 1 saturated heterocycles. The minimum Gasteiger partial charge on any atom is -0.494 e. The molecule has 0 aromatic heterocycles. The first-order valence-electron chi connectivity index (χ1n) is 11.0. The Hall–Kier alpha value is -3.23. The van der Waals surface area contributed by atoms with E-state index in [1.807, 2.05) is 0 Å². The molecule has 3 nitrogen and oxygen atoms in total. The molecule has 0 aliphatic carbocycles. The molecule has 3 aromatic rings. The van der Waals surface area contributed by atoms with E-state index in [1.54, 1.807) is 6.08 Å². The summed E-state index contributed by atoms with van der Waals surface area (Å²) in [6.07, 6.45) is -2.21. The van der Waals surface area contributed by atoms with E-state index >= 15 is 0 Å². The van der Waals surface area contributed by atoms with E-state index in [0.717, 1.165) is 12.1 Å². The molecule has 0 amide bonds. The fourth-order valence-corrected chi connectivity index (χ4v) is 3.98. The van der Waals surface area contributed by atoms with Gasteiger partial charge in [-0.05, 0) is 48.2 Å². The summed E-state index contributed by atoms with van der Waals surface area (Å²) in [5.41, 5.74) is 0.212. The van der Waals surface area contributed by atoms with Crippen LogP contribution in [-0.4, -0.2) is 25.9 Å². The third-order valence-corrected chi connectivity index (χ3v) is 5.93. The number of alkyl halides is 2. The summed E-state index contributed by atoms with van der Waals surface area (Å²) in [6.45, 7) is 3.61. The van der Waals surface area contributed by atoms with Crippen LogP contribution in [0.15, 0.2) is 67.3 Å². The monoisotopic (exact) mass is 490 g/mol. The molecular formula is C27H23F5O3. The van der Waals surface area contributed by atoms with E-state index in [-0.39, 0.29) is 29.6 Å². The fraction of sp³-hybridized carbons (Fsp3) is 0.259. The molecule has 8 heteroatoms. The Balaban J connectivity index is 1.52. The average Bonchev–Trinajstić information content (AvgIpc) is 2.86. The smallest absolute Gasteiger partial charge is 0.383 e. The third-order valence-electron chi connectivity index (χ3n) is 5.93. The second-order valence-corrected chi connectivity index (χ2v) is 8.16. The van der Waals surface area contributed by atoms with Gasteiger partial charge in [0.05, 0.1) is 31.5 Å². The minimum absolute atomic E-state index is 0.00210. The number of ether oxygens (including phenoxy) is 3. The van der Waals surface area contributed by atoms with Gasteiger partial charge >= 0.3 is 6.11 Å². The Morgan fingerprint density at radius 2 is 1.57 bits per heavy atom. The van der Waals surface area contributed by atoms with Crippen molar-refractivity contribution in [3.8, 4) is 28.0 Å². The predicted molar refractivity (Wildman–Crippen MR) is 122 cm³/mol. The van der Waals surface area contributed by atoms with E-state index in [4.69, 9.17) is 14.2 Å². The topological polar surface area (TPSA) is 27.7 Å². The number of hydrogen-bond acceptors (Lipinski definition) is 3. The van der Waals surface area contributed by atoms with Gasteiger partial charge in [0.15, 0.2) is 11.6 Å². The van der Waals surface area contributed by atoms with Crippen LogP contribution in [-0.2, 0) is 15.6 Å². The Morgan fingerprint density at radius 1 is 0.914 bits per heavy atom. The van der Waals surface area contributed by atoms with Crippen molar-refractivity contribution in [2.45, 2.75) is 31.2 Å². The highest BCUT2D eigenvalue weighted by molar-refractivity contribution is 5.71. The molecule has 0 bridgehead atoms. The molecule has 3 aromatic carbocycles. The van der Waals surface area contributed by atoms with Crippen LogP contribution in [0.25, 0.3) is 22.3 Å². The van der Waals surface area contributed by atoms with Crippen LogP contribution in [0, 0.1) is 17.5 Å². The van der Waals surface area contributed by atoms with Crippen LogP contribution in [0.1, 0.15) is 18.4 Å². The molecule has 0 N–H and O–H groups in total. The number of halogens is 5. The summed E-state index contributed by atoms with van der Waals surface area (Å²) in [7, 11) is 1.23. The summed E-state index contributed by atoms with van der Waals surface area (Å²) < 4.78 is 87.6. The largest absolute Gasteiger partial charge is 0.494 e. The van der Waals surface area contributed by atoms with Gasteiger partial charge < -0.3 is 14.2 Å². The molecule has 2 atom stereocenters. The van der Waals surface area contributed by atoms with Gasteiger partial charge in [-0.1, -0.05) is 36.4 Å². The van der Waals surface area contributed by atoms with E-state index in [1.165, 1.54) is 49.6 Å². The summed E-state index contributed by atoms with van der Waals surface area (Å²) in [5.74, 6) is -3.27. The lowest BCUT2D eigenvalue weighted by molar-refractivity contribution is -0.287. The lowest BCUT2D eigenvalue weighted by atomic mass is 9.98. The van der Waals surface area contributed by atoms with Crippen molar-refractivity contribution in [1.29, 1.82) is 0 Å². The molecule has 1 aliphatic heterocycles. The molecule has 1 fully saturated rings. The SMILES string of the molecule is C=CC1CCC(OC(F)(F)c2ccc(-c3ccc(-c4ccc(OC)c(F)c4F)cc3)c(F)c2)CO1. The normalized spacial score (nSPS) is 18.3. The Bertz CT molecular complexity index is 1200. The Morgan fingerprint density at radius 3 is 2.14 bits per heavy atom. The van der Waals surface area contributed by atoms with Gasteiger partial charge in [-0.25, -0.2) is 8.78 Å². The summed E-state index contributed by atoms with van der Waals surface area (Å²) in [6, 6.07) is 11.7. The third kappa shape index (κ3) is 5.23. The van der Waals surface area contributed by atoms with Crippen molar-refractivity contribution in [1.82, 2.24) is 0 Å².